The number of benzene rings is 3. The molecule has 3 N–H and O–H groups in total. The summed E-state index contributed by atoms with van der Waals surface area (Å²) < 4.78 is 10.8. The molecule has 39 heavy (non-hydrogen) atoms. The van der Waals surface area contributed by atoms with Crippen LogP contribution in [0.5, 0.6) is 5.75 Å². The first kappa shape index (κ1) is 29.2. The summed E-state index contributed by atoms with van der Waals surface area (Å²) >= 11 is 0. The highest BCUT2D eigenvalue weighted by molar-refractivity contribution is 5.98. The molecule has 0 aliphatic rings. The van der Waals surface area contributed by atoms with Gasteiger partial charge in [-0.3, -0.25) is 9.59 Å². The molecule has 9 nitrogen and oxygen atoms in total. The molecule has 0 aliphatic heterocycles. The van der Waals surface area contributed by atoms with Crippen LogP contribution in [0.25, 0.3) is 10.8 Å². The molecule has 9 heteroatoms. The van der Waals surface area contributed by atoms with E-state index >= 15 is 0 Å². The molecular weight excluding hydrogens is 498 g/mol. The van der Waals surface area contributed by atoms with E-state index < -0.39 is 36.0 Å². The fourth-order valence-corrected chi connectivity index (χ4v) is 4.22. The van der Waals surface area contributed by atoms with E-state index in [1.807, 2.05) is 74.5 Å². The second-order valence-corrected chi connectivity index (χ2v) is 9.65. The summed E-state index contributed by atoms with van der Waals surface area (Å²) in [6.07, 6.45) is 0.348. The van der Waals surface area contributed by atoms with Crippen molar-refractivity contribution in [3.8, 4) is 5.75 Å². The SMILES string of the molecule is COc1ccc2ccccc2c1C(NC(=O)[C@H](C)NC(=O)OCc1ccccc1)C(=O)N[C@H](C=O)CC(C)C. The Balaban J connectivity index is 1.85. The van der Waals surface area contributed by atoms with Crippen LogP contribution in [0.3, 0.4) is 0 Å². The topological polar surface area (TPSA) is 123 Å². The van der Waals surface area contributed by atoms with Gasteiger partial charge in [0.1, 0.15) is 30.7 Å². The Hall–Kier alpha value is -4.40. The molecule has 0 bridgehead atoms. The summed E-state index contributed by atoms with van der Waals surface area (Å²) in [5.74, 6) is -0.641. The number of rotatable bonds is 12. The van der Waals surface area contributed by atoms with Gasteiger partial charge in [-0.25, -0.2) is 4.79 Å². The molecule has 3 amide bonds. The summed E-state index contributed by atoms with van der Waals surface area (Å²) in [7, 11) is 1.48. The number of hydrogen-bond donors (Lipinski definition) is 3. The fourth-order valence-electron chi connectivity index (χ4n) is 4.22. The van der Waals surface area contributed by atoms with Gasteiger partial charge in [-0.15, -0.1) is 0 Å². The number of hydrogen-bond acceptors (Lipinski definition) is 6. The molecule has 3 aromatic rings. The molecule has 1 unspecified atom stereocenters. The Bertz CT molecular complexity index is 1290. The standard InChI is InChI=1S/C30H35N3O6/c1-19(2)16-23(17-34)32-29(36)27(26-24-13-9-8-12-22(24)14-15-25(26)38-4)33-28(35)20(3)31-30(37)39-18-21-10-6-5-7-11-21/h5-15,17,19-20,23,27H,16,18H2,1-4H3,(H,31,37)(H,32,36)(H,33,35)/t20-,23-,27?/m0/s1. The average Bonchev–Trinajstić information content (AvgIpc) is 2.93. The van der Waals surface area contributed by atoms with Gasteiger partial charge < -0.3 is 30.2 Å². The lowest BCUT2D eigenvalue weighted by molar-refractivity contribution is -0.131. The molecule has 0 saturated carbocycles. The van der Waals surface area contributed by atoms with Gasteiger partial charge >= 0.3 is 6.09 Å². The maximum atomic E-state index is 13.6. The van der Waals surface area contributed by atoms with E-state index in [4.69, 9.17) is 9.47 Å². The van der Waals surface area contributed by atoms with Crippen LogP contribution in [-0.2, 0) is 25.7 Å². The van der Waals surface area contributed by atoms with Crippen LogP contribution in [0.1, 0.15) is 44.4 Å². The monoisotopic (exact) mass is 533 g/mol. The van der Waals surface area contributed by atoms with Crippen LogP contribution in [0, 0.1) is 5.92 Å². The normalized spacial score (nSPS) is 13.2. The van der Waals surface area contributed by atoms with Gasteiger partial charge in [-0.05, 0) is 41.7 Å². The van der Waals surface area contributed by atoms with Gasteiger partial charge in [0.2, 0.25) is 11.8 Å². The lowest BCUT2D eigenvalue weighted by Crippen LogP contribution is -2.50. The van der Waals surface area contributed by atoms with E-state index in [0.717, 1.165) is 10.9 Å². The minimum Gasteiger partial charge on any atom is -0.496 e. The van der Waals surface area contributed by atoms with Gasteiger partial charge in [-0.2, -0.15) is 0 Å². The van der Waals surface area contributed by atoms with Crippen molar-refractivity contribution in [3.05, 3.63) is 77.9 Å². The van der Waals surface area contributed by atoms with Crippen LogP contribution >= 0.6 is 0 Å². The van der Waals surface area contributed by atoms with Gasteiger partial charge in [-0.1, -0.05) is 74.5 Å². The molecule has 0 spiro atoms. The largest absolute Gasteiger partial charge is 0.496 e. The molecule has 0 heterocycles. The van der Waals surface area contributed by atoms with Gasteiger partial charge in [0.15, 0.2) is 0 Å². The molecular formula is C30H35N3O6. The maximum absolute atomic E-state index is 13.6. The van der Waals surface area contributed by atoms with Crippen molar-refractivity contribution in [1.29, 1.82) is 0 Å². The van der Waals surface area contributed by atoms with Crippen molar-refractivity contribution < 1.29 is 28.7 Å². The second kappa shape index (κ2) is 13.9. The number of ether oxygens (including phenoxy) is 2. The lowest BCUT2D eigenvalue weighted by atomic mass is 9.95. The number of fused-ring (bicyclic) bond motifs is 1. The first-order valence-electron chi connectivity index (χ1n) is 12.8. The van der Waals surface area contributed by atoms with Crippen molar-refractivity contribution in [2.24, 2.45) is 5.92 Å². The number of methoxy groups -OCH3 is 1. The van der Waals surface area contributed by atoms with Gasteiger partial charge in [0, 0.05) is 5.56 Å². The van der Waals surface area contributed by atoms with E-state index in [0.29, 0.717) is 29.4 Å². The highest BCUT2D eigenvalue weighted by Crippen LogP contribution is 2.33. The number of amides is 3. The fraction of sp³-hybridized carbons (Fsp3) is 0.333. The molecule has 0 fully saturated rings. The maximum Gasteiger partial charge on any atom is 0.408 e. The van der Waals surface area contributed by atoms with Gasteiger partial charge in [0.25, 0.3) is 0 Å². The Labute approximate surface area is 228 Å². The number of alkyl carbamates (subject to hydrolysis) is 1. The Morgan fingerprint density at radius 3 is 2.21 bits per heavy atom. The van der Waals surface area contributed by atoms with Gasteiger partial charge in [0.05, 0.1) is 13.2 Å². The Morgan fingerprint density at radius 1 is 0.846 bits per heavy atom. The molecule has 0 aliphatic carbocycles. The number of aldehydes is 1. The molecule has 206 valence electrons. The summed E-state index contributed by atoms with van der Waals surface area (Å²) in [6, 6.07) is 17.1. The molecule has 3 rings (SSSR count). The van der Waals surface area contributed by atoms with Crippen LogP contribution in [0.15, 0.2) is 66.7 Å². The van der Waals surface area contributed by atoms with Crippen LogP contribution in [-0.4, -0.2) is 43.4 Å². The molecule has 3 atom stereocenters. The van der Waals surface area contributed by atoms with Crippen molar-refractivity contribution >= 4 is 35.0 Å². The van der Waals surface area contributed by atoms with E-state index in [9.17, 15) is 19.2 Å². The van der Waals surface area contributed by atoms with Crippen molar-refractivity contribution in [2.45, 2.75) is 51.9 Å². The summed E-state index contributed by atoms with van der Waals surface area (Å²) in [6.45, 7) is 5.42. The van der Waals surface area contributed by atoms with E-state index in [-0.39, 0.29) is 12.5 Å². The molecule has 3 aromatic carbocycles. The first-order valence-corrected chi connectivity index (χ1v) is 12.8. The zero-order valence-electron chi connectivity index (χ0n) is 22.6. The summed E-state index contributed by atoms with van der Waals surface area (Å²) in [4.78, 5) is 50.9. The quantitative estimate of drug-likeness (QED) is 0.302. The van der Waals surface area contributed by atoms with Crippen molar-refractivity contribution in [1.82, 2.24) is 16.0 Å². The van der Waals surface area contributed by atoms with E-state index in [1.54, 1.807) is 6.07 Å². The minimum absolute atomic E-state index is 0.0438. The average molecular weight is 534 g/mol. The second-order valence-electron chi connectivity index (χ2n) is 9.65. The Morgan fingerprint density at radius 2 is 1.54 bits per heavy atom. The summed E-state index contributed by atoms with van der Waals surface area (Å²) in [5.41, 5.74) is 1.24. The summed E-state index contributed by atoms with van der Waals surface area (Å²) in [5, 5.41) is 9.53. The number of carbonyl (C=O) groups is 4. The Kier molecular flexibility index (Phi) is 10.4. The number of nitrogens with one attached hydrogen (secondary N) is 3. The zero-order chi connectivity index (χ0) is 28.4. The van der Waals surface area contributed by atoms with E-state index in [2.05, 4.69) is 16.0 Å². The van der Waals surface area contributed by atoms with Crippen LogP contribution in [0.4, 0.5) is 4.79 Å². The highest BCUT2D eigenvalue weighted by Gasteiger charge is 2.31. The smallest absolute Gasteiger partial charge is 0.408 e. The molecule has 0 aromatic heterocycles. The third kappa shape index (κ3) is 8.04. The van der Waals surface area contributed by atoms with Crippen molar-refractivity contribution in [3.63, 3.8) is 0 Å². The van der Waals surface area contributed by atoms with Crippen LogP contribution in [0.2, 0.25) is 0 Å². The lowest BCUT2D eigenvalue weighted by Gasteiger charge is -2.26. The third-order valence-electron chi connectivity index (χ3n) is 6.15. The first-order chi connectivity index (χ1) is 18.7. The zero-order valence-corrected chi connectivity index (χ0v) is 22.6. The third-order valence-corrected chi connectivity index (χ3v) is 6.15. The predicted octanol–water partition coefficient (Wildman–Crippen LogP) is 4.05. The molecule has 0 radical (unpaired) electrons. The highest BCUT2D eigenvalue weighted by atomic mass is 16.5. The van der Waals surface area contributed by atoms with Crippen LogP contribution < -0.4 is 20.7 Å². The minimum atomic E-state index is -1.21. The number of carbonyl (C=O) groups excluding carboxylic acids is 4. The van der Waals surface area contributed by atoms with E-state index in [1.165, 1.54) is 14.0 Å². The predicted molar refractivity (Wildman–Crippen MR) is 148 cm³/mol. The van der Waals surface area contributed by atoms with Crippen molar-refractivity contribution in [2.75, 3.05) is 7.11 Å². The molecule has 0 saturated heterocycles.